The molecular weight excluding hydrogens is 224 g/mol. The third kappa shape index (κ3) is 3.94. The van der Waals surface area contributed by atoms with Gasteiger partial charge in [-0.1, -0.05) is 13.8 Å². The molecule has 2 atom stereocenters. The standard InChI is InChI=1S/C15H30N2O/c1-3-16-11-15(7-5-9-18-13-15)12-17-8-4-6-14(2)10-17/h14,16H,3-13H2,1-2H3. The molecule has 0 aliphatic carbocycles. The molecule has 0 bridgehead atoms. The predicted octanol–water partition coefficient (Wildman–Crippen LogP) is 2.12. The van der Waals surface area contributed by atoms with Gasteiger partial charge in [-0.2, -0.15) is 0 Å². The first-order chi connectivity index (χ1) is 8.74. The van der Waals surface area contributed by atoms with Crippen molar-refractivity contribution in [3.63, 3.8) is 0 Å². The number of hydrogen-bond acceptors (Lipinski definition) is 3. The maximum atomic E-state index is 5.78. The Labute approximate surface area is 112 Å². The molecule has 3 nitrogen and oxygen atoms in total. The summed E-state index contributed by atoms with van der Waals surface area (Å²) >= 11 is 0. The van der Waals surface area contributed by atoms with Crippen molar-refractivity contribution in [3.8, 4) is 0 Å². The van der Waals surface area contributed by atoms with E-state index in [2.05, 4.69) is 24.1 Å². The molecule has 18 heavy (non-hydrogen) atoms. The molecule has 2 aliphatic rings. The summed E-state index contributed by atoms with van der Waals surface area (Å²) in [6, 6.07) is 0. The molecule has 0 aromatic heterocycles. The van der Waals surface area contributed by atoms with E-state index in [1.54, 1.807) is 0 Å². The highest BCUT2D eigenvalue weighted by Crippen LogP contribution is 2.30. The fourth-order valence-electron chi connectivity index (χ4n) is 3.52. The van der Waals surface area contributed by atoms with Gasteiger partial charge in [0.2, 0.25) is 0 Å². The van der Waals surface area contributed by atoms with Gasteiger partial charge in [-0.05, 0) is 44.7 Å². The molecule has 1 N–H and O–H groups in total. The van der Waals surface area contributed by atoms with E-state index in [1.807, 2.05) is 0 Å². The highest BCUT2D eigenvalue weighted by atomic mass is 16.5. The van der Waals surface area contributed by atoms with Crippen molar-refractivity contribution in [1.29, 1.82) is 0 Å². The lowest BCUT2D eigenvalue weighted by molar-refractivity contribution is -0.0312. The average molecular weight is 254 g/mol. The minimum Gasteiger partial charge on any atom is -0.381 e. The van der Waals surface area contributed by atoms with Gasteiger partial charge in [0, 0.05) is 31.7 Å². The van der Waals surface area contributed by atoms with Gasteiger partial charge < -0.3 is 15.0 Å². The zero-order valence-corrected chi connectivity index (χ0v) is 12.2. The normalized spacial score (nSPS) is 34.7. The first-order valence-corrected chi connectivity index (χ1v) is 7.75. The van der Waals surface area contributed by atoms with E-state index in [-0.39, 0.29) is 0 Å². The van der Waals surface area contributed by atoms with Gasteiger partial charge in [0.15, 0.2) is 0 Å². The second kappa shape index (κ2) is 6.88. The molecule has 0 aromatic carbocycles. The summed E-state index contributed by atoms with van der Waals surface area (Å²) in [7, 11) is 0. The van der Waals surface area contributed by atoms with Crippen LogP contribution in [-0.2, 0) is 4.74 Å². The molecule has 0 spiro atoms. The van der Waals surface area contributed by atoms with Crippen LogP contribution in [0.25, 0.3) is 0 Å². The van der Waals surface area contributed by atoms with E-state index < -0.39 is 0 Å². The van der Waals surface area contributed by atoms with Crippen LogP contribution in [0.4, 0.5) is 0 Å². The lowest BCUT2D eigenvalue weighted by Crippen LogP contribution is -2.50. The van der Waals surface area contributed by atoms with Gasteiger partial charge in [-0.15, -0.1) is 0 Å². The second-order valence-corrected chi connectivity index (χ2v) is 6.42. The molecule has 3 heteroatoms. The van der Waals surface area contributed by atoms with Gasteiger partial charge in [0.25, 0.3) is 0 Å². The number of rotatable bonds is 5. The molecule has 0 saturated carbocycles. The van der Waals surface area contributed by atoms with Crippen molar-refractivity contribution in [2.45, 2.75) is 39.5 Å². The Morgan fingerprint density at radius 3 is 2.94 bits per heavy atom. The van der Waals surface area contributed by atoms with E-state index in [4.69, 9.17) is 4.74 Å². The minimum atomic E-state index is 0.366. The van der Waals surface area contributed by atoms with Crippen molar-refractivity contribution < 1.29 is 4.74 Å². The molecule has 2 unspecified atom stereocenters. The number of hydrogen-bond donors (Lipinski definition) is 1. The molecule has 0 radical (unpaired) electrons. The fraction of sp³-hybridized carbons (Fsp3) is 1.00. The Bertz CT molecular complexity index is 239. The number of ether oxygens (including phenoxy) is 1. The van der Waals surface area contributed by atoms with Crippen molar-refractivity contribution >= 4 is 0 Å². The van der Waals surface area contributed by atoms with Gasteiger partial charge in [-0.25, -0.2) is 0 Å². The quantitative estimate of drug-likeness (QED) is 0.813. The van der Waals surface area contributed by atoms with E-state index >= 15 is 0 Å². The third-order valence-corrected chi connectivity index (χ3v) is 4.45. The maximum Gasteiger partial charge on any atom is 0.0546 e. The van der Waals surface area contributed by atoms with Crippen molar-refractivity contribution in [1.82, 2.24) is 10.2 Å². The summed E-state index contributed by atoms with van der Waals surface area (Å²) in [6.45, 7) is 12.5. The van der Waals surface area contributed by atoms with Crippen LogP contribution in [0.2, 0.25) is 0 Å². The van der Waals surface area contributed by atoms with E-state index in [1.165, 1.54) is 45.3 Å². The number of piperidine rings is 1. The van der Waals surface area contributed by atoms with Crippen LogP contribution in [0.3, 0.4) is 0 Å². The lowest BCUT2D eigenvalue weighted by atomic mass is 9.81. The molecule has 2 rings (SSSR count). The smallest absolute Gasteiger partial charge is 0.0546 e. The molecule has 2 heterocycles. The summed E-state index contributed by atoms with van der Waals surface area (Å²) in [5.41, 5.74) is 0.366. The van der Waals surface area contributed by atoms with Gasteiger partial charge in [-0.3, -0.25) is 0 Å². The Morgan fingerprint density at radius 1 is 1.39 bits per heavy atom. The van der Waals surface area contributed by atoms with Crippen LogP contribution >= 0.6 is 0 Å². The van der Waals surface area contributed by atoms with Crippen LogP contribution in [0, 0.1) is 11.3 Å². The average Bonchev–Trinajstić information content (AvgIpc) is 2.38. The molecule has 2 aliphatic heterocycles. The van der Waals surface area contributed by atoms with Gasteiger partial charge in [0.1, 0.15) is 0 Å². The van der Waals surface area contributed by atoms with Crippen molar-refractivity contribution in [2.75, 3.05) is 45.9 Å². The van der Waals surface area contributed by atoms with E-state index in [9.17, 15) is 0 Å². The zero-order valence-electron chi connectivity index (χ0n) is 12.2. The van der Waals surface area contributed by atoms with Crippen molar-refractivity contribution in [3.05, 3.63) is 0 Å². The van der Waals surface area contributed by atoms with E-state index in [0.29, 0.717) is 5.41 Å². The van der Waals surface area contributed by atoms with Crippen molar-refractivity contribution in [2.24, 2.45) is 11.3 Å². The van der Waals surface area contributed by atoms with Gasteiger partial charge in [0.05, 0.1) is 6.61 Å². The van der Waals surface area contributed by atoms with Crippen LogP contribution in [0.1, 0.15) is 39.5 Å². The maximum absolute atomic E-state index is 5.78. The molecule has 106 valence electrons. The highest BCUT2D eigenvalue weighted by Gasteiger charge is 2.35. The summed E-state index contributed by atoms with van der Waals surface area (Å²) in [5.74, 6) is 0.874. The Kier molecular flexibility index (Phi) is 5.46. The van der Waals surface area contributed by atoms with Crippen LogP contribution in [0.15, 0.2) is 0 Å². The molecule has 0 aromatic rings. The fourth-order valence-corrected chi connectivity index (χ4v) is 3.52. The highest BCUT2D eigenvalue weighted by molar-refractivity contribution is 4.88. The summed E-state index contributed by atoms with van der Waals surface area (Å²) in [6.07, 6.45) is 5.34. The minimum absolute atomic E-state index is 0.366. The molecule has 0 amide bonds. The largest absolute Gasteiger partial charge is 0.381 e. The Balaban J connectivity index is 1.91. The first-order valence-electron chi connectivity index (χ1n) is 7.75. The number of nitrogens with zero attached hydrogens (tertiary/aromatic N) is 1. The summed E-state index contributed by atoms with van der Waals surface area (Å²) in [5, 5.41) is 3.55. The lowest BCUT2D eigenvalue weighted by Gasteiger charge is -2.43. The zero-order chi connectivity index (χ0) is 12.8. The Morgan fingerprint density at radius 2 is 2.28 bits per heavy atom. The van der Waals surface area contributed by atoms with Gasteiger partial charge >= 0.3 is 0 Å². The number of nitrogens with one attached hydrogen (secondary N) is 1. The summed E-state index contributed by atoms with van der Waals surface area (Å²) < 4.78 is 5.78. The molecular formula is C15H30N2O. The predicted molar refractivity (Wildman–Crippen MR) is 75.9 cm³/mol. The van der Waals surface area contributed by atoms with E-state index in [0.717, 1.165) is 32.2 Å². The first kappa shape index (κ1) is 14.3. The monoisotopic (exact) mass is 254 g/mol. The third-order valence-electron chi connectivity index (χ3n) is 4.45. The van der Waals surface area contributed by atoms with Crippen LogP contribution in [-0.4, -0.2) is 50.8 Å². The number of likely N-dealkylation sites (tertiary alicyclic amines) is 1. The summed E-state index contributed by atoms with van der Waals surface area (Å²) in [4.78, 5) is 2.68. The van der Waals surface area contributed by atoms with Crippen LogP contribution < -0.4 is 5.32 Å². The second-order valence-electron chi connectivity index (χ2n) is 6.42. The SMILES string of the molecule is CCNCC1(CN2CCCC(C)C2)CCCOC1. The topological polar surface area (TPSA) is 24.5 Å². The Hall–Kier alpha value is -0.120. The van der Waals surface area contributed by atoms with Crippen LogP contribution in [0.5, 0.6) is 0 Å². The molecule has 2 saturated heterocycles. The molecule has 2 fully saturated rings.